The van der Waals surface area contributed by atoms with Gasteiger partial charge in [-0.05, 0) is 51.3 Å². The standard InChI is InChI=1S/C29H32N4O8/c1-18(34)40-24-14-21(15-25(24)41-27(35)20-10-12-22(13-11-20)33(37)38)23-16-26(32(31-23)29(2,3)4)30-28(36)39-17-19-8-6-5-7-9-19/h5-13,16,21,24-25H,14-15,17H2,1-4H3,(H,30,36)/t21-,24+,25-/m0/s1. The summed E-state index contributed by atoms with van der Waals surface area (Å²) in [5.41, 5.74) is 0.977. The van der Waals surface area contributed by atoms with Gasteiger partial charge in [-0.3, -0.25) is 20.2 Å². The summed E-state index contributed by atoms with van der Waals surface area (Å²) in [7, 11) is 0. The van der Waals surface area contributed by atoms with Crippen LogP contribution in [0.25, 0.3) is 0 Å². The van der Waals surface area contributed by atoms with Crippen LogP contribution in [0, 0.1) is 10.1 Å². The van der Waals surface area contributed by atoms with Gasteiger partial charge >= 0.3 is 18.0 Å². The number of aromatic nitrogens is 2. The molecule has 216 valence electrons. The van der Waals surface area contributed by atoms with Crippen molar-refractivity contribution in [2.75, 3.05) is 5.32 Å². The van der Waals surface area contributed by atoms with E-state index in [9.17, 15) is 24.5 Å². The number of carbonyl (C=O) groups is 3. The van der Waals surface area contributed by atoms with Gasteiger partial charge in [-0.2, -0.15) is 5.10 Å². The Bertz CT molecular complexity index is 1410. The maximum Gasteiger partial charge on any atom is 0.413 e. The van der Waals surface area contributed by atoms with Crippen molar-refractivity contribution in [3.8, 4) is 0 Å². The molecular weight excluding hydrogens is 532 g/mol. The Kier molecular flexibility index (Phi) is 8.70. The first-order chi connectivity index (χ1) is 19.4. The first-order valence-electron chi connectivity index (χ1n) is 13.1. The molecular formula is C29H32N4O8. The third-order valence-corrected chi connectivity index (χ3v) is 6.56. The molecule has 1 N–H and O–H groups in total. The van der Waals surface area contributed by atoms with E-state index in [1.165, 1.54) is 31.2 Å². The lowest BCUT2D eigenvalue weighted by Crippen LogP contribution is -2.30. The molecule has 0 aliphatic heterocycles. The number of hydrogen-bond acceptors (Lipinski definition) is 9. The van der Waals surface area contributed by atoms with Crippen LogP contribution in [0.2, 0.25) is 0 Å². The fourth-order valence-corrected chi connectivity index (χ4v) is 4.65. The lowest BCUT2D eigenvalue weighted by Gasteiger charge is -2.22. The van der Waals surface area contributed by atoms with Gasteiger partial charge in [0.25, 0.3) is 5.69 Å². The number of ether oxygens (including phenoxy) is 3. The van der Waals surface area contributed by atoms with E-state index >= 15 is 0 Å². The Hall–Kier alpha value is -4.74. The Balaban J connectivity index is 1.50. The smallest absolute Gasteiger partial charge is 0.413 e. The van der Waals surface area contributed by atoms with Crippen LogP contribution in [0.4, 0.5) is 16.3 Å². The van der Waals surface area contributed by atoms with E-state index in [4.69, 9.17) is 19.3 Å². The van der Waals surface area contributed by atoms with Gasteiger partial charge < -0.3 is 14.2 Å². The molecule has 1 fully saturated rings. The largest absolute Gasteiger partial charge is 0.459 e. The van der Waals surface area contributed by atoms with Crippen LogP contribution >= 0.6 is 0 Å². The van der Waals surface area contributed by atoms with E-state index in [1.54, 1.807) is 10.7 Å². The van der Waals surface area contributed by atoms with Gasteiger partial charge in [0.1, 0.15) is 24.6 Å². The van der Waals surface area contributed by atoms with Gasteiger partial charge in [-0.15, -0.1) is 0 Å². The van der Waals surface area contributed by atoms with Crippen LogP contribution in [0.1, 0.15) is 68.1 Å². The number of esters is 2. The van der Waals surface area contributed by atoms with E-state index in [-0.39, 0.29) is 23.8 Å². The lowest BCUT2D eigenvalue weighted by molar-refractivity contribution is -0.384. The molecule has 0 spiro atoms. The number of benzene rings is 2. The fourth-order valence-electron chi connectivity index (χ4n) is 4.65. The molecule has 0 saturated heterocycles. The van der Waals surface area contributed by atoms with Crippen LogP contribution in [0.3, 0.4) is 0 Å². The molecule has 1 saturated carbocycles. The first kappa shape index (κ1) is 29.2. The van der Waals surface area contributed by atoms with Gasteiger partial charge in [0.05, 0.1) is 21.7 Å². The molecule has 0 radical (unpaired) electrons. The van der Waals surface area contributed by atoms with Crippen molar-refractivity contribution in [2.45, 2.75) is 70.8 Å². The summed E-state index contributed by atoms with van der Waals surface area (Å²) < 4.78 is 18.2. The molecule has 0 bridgehead atoms. The van der Waals surface area contributed by atoms with Crippen LogP contribution in [0.15, 0.2) is 60.7 Å². The summed E-state index contributed by atoms with van der Waals surface area (Å²) in [6.07, 6.45) is -1.46. The minimum Gasteiger partial charge on any atom is -0.459 e. The van der Waals surface area contributed by atoms with Gasteiger partial charge in [0, 0.05) is 31.0 Å². The molecule has 3 aromatic rings. The van der Waals surface area contributed by atoms with Crippen molar-refractivity contribution in [2.24, 2.45) is 0 Å². The number of anilines is 1. The molecule has 1 aromatic heterocycles. The number of non-ortho nitro benzene ring substituents is 1. The highest BCUT2D eigenvalue weighted by Gasteiger charge is 2.41. The van der Waals surface area contributed by atoms with E-state index < -0.39 is 40.7 Å². The van der Waals surface area contributed by atoms with Crippen LogP contribution in [-0.2, 0) is 31.2 Å². The van der Waals surface area contributed by atoms with Gasteiger partial charge in [0.15, 0.2) is 0 Å². The minimum atomic E-state index is -0.765. The molecule has 1 aliphatic rings. The number of amides is 1. The van der Waals surface area contributed by atoms with Crippen molar-refractivity contribution in [1.29, 1.82) is 0 Å². The average Bonchev–Trinajstić information content (AvgIpc) is 3.52. The second-order valence-electron chi connectivity index (χ2n) is 10.8. The van der Waals surface area contributed by atoms with E-state index in [2.05, 4.69) is 5.32 Å². The molecule has 2 aromatic carbocycles. The second-order valence-corrected chi connectivity index (χ2v) is 10.8. The zero-order valence-corrected chi connectivity index (χ0v) is 23.2. The molecule has 12 nitrogen and oxygen atoms in total. The number of rotatable bonds is 8. The van der Waals surface area contributed by atoms with Crippen LogP contribution < -0.4 is 5.32 Å². The average molecular weight is 565 g/mol. The van der Waals surface area contributed by atoms with Gasteiger partial charge in [-0.25, -0.2) is 14.3 Å². The second kappa shape index (κ2) is 12.2. The predicted molar refractivity (Wildman–Crippen MR) is 147 cm³/mol. The third-order valence-electron chi connectivity index (χ3n) is 6.56. The van der Waals surface area contributed by atoms with Crippen LogP contribution in [0.5, 0.6) is 0 Å². The Labute approximate surface area is 236 Å². The van der Waals surface area contributed by atoms with Gasteiger partial charge in [0.2, 0.25) is 0 Å². The molecule has 12 heteroatoms. The fraction of sp³-hybridized carbons (Fsp3) is 0.379. The SMILES string of the molecule is CC(=O)O[C@@H]1C[C@H](c2cc(NC(=O)OCc3ccccc3)n(C(C)(C)C)n2)C[C@@H]1OC(=O)c1ccc([N+](=O)[O-])cc1. The number of nitrogens with one attached hydrogen (secondary N) is 1. The number of carbonyl (C=O) groups excluding carboxylic acids is 3. The number of hydrogen-bond donors (Lipinski definition) is 1. The normalized spacial score (nSPS) is 18.4. The summed E-state index contributed by atoms with van der Waals surface area (Å²) in [4.78, 5) is 47.6. The maximum absolute atomic E-state index is 12.8. The molecule has 41 heavy (non-hydrogen) atoms. The summed E-state index contributed by atoms with van der Waals surface area (Å²) in [6.45, 7) is 7.21. The molecule has 1 aliphatic carbocycles. The predicted octanol–water partition coefficient (Wildman–Crippen LogP) is 5.33. The zero-order chi connectivity index (χ0) is 29.7. The molecule has 1 amide bonds. The Morgan fingerprint density at radius 3 is 2.24 bits per heavy atom. The highest BCUT2D eigenvalue weighted by molar-refractivity contribution is 5.89. The first-order valence-corrected chi connectivity index (χ1v) is 13.1. The molecule has 4 rings (SSSR count). The van der Waals surface area contributed by atoms with E-state index in [0.717, 1.165) is 5.56 Å². The maximum atomic E-state index is 12.8. The van der Waals surface area contributed by atoms with Crippen molar-refractivity contribution < 1.29 is 33.5 Å². The quantitative estimate of drug-likeness (QED) is 0.166. The molecule has 3 atom stereocenters. The van der Waals surface area contributed by atoms with E-state index in [0.29, 0.717) is 24.4 Å². The number of nitrogens with zero attached hydrogens (tertiary/aromatic N) is 3. The Morgan fingerprint density at radius 1 is 1.02 bits per heavy atom. The number of nitro benzene ring substituents is 1. The van der Waals surface area contributed by atoms with Crippen molar-refractivity contribution in [3.63, 3.8) is 0 Å². The molecule has 1 heterocycles. The zero-order valence-electron chi connectivity index (χ0n) is 23.2. The van der Waals surface area contributed by atoms with Crippen molar-refractivity contribution >= 4 is 29.5 Å². The summed E-state index contributed by atoms with van der Waals surface area (Å²) in [5.74, 6) is -1.03. The monoisotopic (exact) mass is 564 g/mol. The van der Waals surface area contributed by atoms with E-state index in [1.807, 2.05) is 51.1 Å². The van der Waals surface area contributed by atoms with Gasteiger partial charge in [-0.1, -0.05) is 30.3 Å². The van der Waals surface area contributed by atoms with Crippen molar-refractivity contribution in [1.82, 2.24) is 9.78 Å². The van der Waals surface area contributed by atoms with Crippen LogP contribution in [-0.4, -0.2) is 44.9 Å². The highest BCUT2D eigenvalue weighted by atomic mass is 16.6. The summed E-state index contributed by atoms with van der Waals surface area (Å²) in [5, 5.41) is 18.4. The minimum absolute atomic E-state index is 0.109. The molecule has 0 unspecified atom stereocenters. The van der Waals surface area contributed by atoms with Crippen molar-refractivity contribution in [3.05, 3.63) is 87.6 Å². The Morgan fingerprint density at radius 2 is 1.66 bits per heavy atom. The number of nitro groups is 1. The highest BCUT2D eigenvalue weighted by Crippen LogP contribution is 2.39. The summed E-state index contributed by atoms with van der Waals surface area (Å²) in [6, 6.07) is 16.1. The lowest BCUT2D eigenvalue weighted by atomic mass is 10.0. The third kappa shape index (κ3) is 7.47. The summed E-state index contributed by atoms with van der Waals surface area (Å²) >= 11 is 0. The topological polar surface area (TPSA) is 152 Å².